The quantitative estimate of drug-likeness (QED) is 0.119. The molecule has 4 aromatic carbocycles. The minimum atomic E-state index is -3.92. The molecule has 4 rings (SSSR count). The fourth-order valence-electron chi connectivity index (χ4n) is 4.56. The van der Waals surface area contributed by atoms with Gasteiger partial charge in [0.1, 0.15) is 17.2 Å². The summed E-state index contributed by atoms with van der Waals surface area (Å²) in [5, 5.41) is 0. The van der Waals surface area contributed by atoms with E-state index in [-0.39, 0.29) is 21.0 Å². The summed E-state index contributed by atoms with van der Waals surface area (Å²) in [6, 6.07) is 26.9. The number of hydrogen-bond donors (Lipinski definition) is 1. The van der Waals surface area contributed by atoms with Crippen molar-refractivity contribution in [3.05, 3.63) is 113 Å². The van der Waals surface area contributed by atoms with Crippen LogP contribution in [0.3, 0.4) is 0 Å². The molecule has 0 aliphatic heterocycles. The smallest absolute Gasteiger partial charge is 0.264 e. The summed E-state index contributed by atoms with van der Waals surface area (Å²) in [5.41, 5.74) is 4.35. The molecule has 228 valence electrons. The standard InChI is InChI=1S/C33H36O7S3/c1-24-6-7-27(22-25(24)23-41-20-5-21-42(34,35)36)33(2,3)26-8-10-29(11-9-26)40-30-14-18-32(19-15-30)43(37,38)31-16-12-28(39-4)13-17-31/h6-19,22H,5,20-21,23H2,1-4H3,(H,34,35,36). The second-order valence-corrected chi connectivity index (χ2v) is 15.4. The molecule has 0 amide bonds. The van der Waals surface area contributed by atoms with Crippen molar-refractivity contribution in [3.63, 3.8) is 0 Å². The van der Waals surface area contributed by atoms with Gasteiger partial charge in [0, 0.05) is 11.2 Å². The first-order valence-corrected chi connectivity index (χ1v) is 17.9. The molecular formula is C33H36O7S3. The fourth-order valence-corrected chi connectivity index (χ4v) is 7.54. The molecule has 0 saturated heterocycles. The number of aryl methyl sites for hydroxylation is 1. The summed E-state index contributed by atoms with van der Waals surface area (Å²) in [5.74, 6) is 2.94. The molecule has 0 bridgehead atoms. The van der Waals surface area contributed by atoms with E-state index >= 15 is 0 Å². The van der Waals surface area contributed by atoms with E-state index in [0.717, 1.165) is 16.9 Å². The highest BCUT2D eigenvalue weighted by molar-refractivity contribution is 7.98. The van der Waals surface area contributed by atoms with Crippen LogP contribution in [-0.4, -0.2) is 40.0 Å². The van der Waals surface area contributed by atoms with Crippen LogP contribution in [0, 0.1) is 6.92 Å². The van der Waals surface area contributed by atoms with Crippen LogP contribution in [0.2, 0.25) is 0 Å². The molecule has 0 atom stereocenters. The van der Waals surface area contributed by atoms with E-state index < -0.39 is 20.0 Å². The molecular weight excluding hydrogens is 605 g/mol. The molecule has 0 aliphatic carbocycles. The molecule has 0 aromatic heterocycles. The topological polar surface area (TPSA) is 107 Å². The highest BCUT2D eigenvalue weighted by Crippen LogP contribution is 2.35. The number of ether oxygens (including phenoxy) is 2. The van der Waals surface area contributed by atoms with Crippen molar-refractivity contribution in [1.29, 1.82) is 0 Å². The van der Waals surface area contributed by atoms with E-state index in [4.69, 9.17) is 14.0 Å². The van der Waals surface area contributed by atoms with Crippen LogP contribution in [0.5, 0.6) is 17.2 Å². The van der Waals surface area contributed by atoms with Gasteiger partial charge in [-0.15, -0.1) is 0 Å². The lowest BCUT2D eigenvalue weighted by molar-refractivity contribution is 0.414. The van der Waals surface area contributed by atoms with Crippen LogP contribution in [0.15, 0.2) is 101 Å². The molecule has 0 unspecified atom stereocenters. The Balaban J connectivity index is 1.41. The Bertz CT molecular complexity index is 1750. The van der Waals surface area contributed by atoms with Crippen molar-refractivity contribution < 1.29 is 30.9 Å². The Labute approximate surface area is 258 Å². The molecule has 10 heteroatoms. The minimum absolute atomic E-state index is 0.177. The van der Waals surface area contributed by atoms with Crippen molar-refractivity contribution in [2.45, 2.75) is 48.2 Å². The highest BCUT2D eigenvalue weighted by atomic mass is 32.2. The summed E-state index contributed by atoms with van der Waals surface area (Å²) in [6.07, 6.45) is 0.412. The van der Waals surface area contributed by atoms with Gasteiger partial charge < -0.3 is 9.47 Å². The van der Waals surface area contributed by atoms with Crippen molar-refractivity contribution in [3.8, 4) is 17.2 Å². The van der Waals surface area contributed by atoms with Gasteiger partial charge in [0.05, 0.1) is 22.7 Å². The Hall–Kier alpha value is -3.31. The first-order valence-electron chi connectivity index (χ1n) is 13.7. The highest BCUT2D eigenvalue weighted by Gasteiger charge is 2.24. The SMILES string of the molecule is COc1ccc(S(=O)(=O)c2ccc(Oc3ccc(C(C)(C)c4ccc(C)c(CSCCCS(=O)(=O)O)c4)cc3)cc2)cc1. The number of benzene rings is 4. The summed E-state index contributed by atoms with van der Waals surface area (Å²) in [7, 11) is -6.06. The van der Waals surface area contributed by atoms with E-state index in [0.29, 0.717) is 29.4 Å². The molecule has 0 heterocycles. The van der Waals surface area contributed by atoms with Crippen LogP contribution >= 0.6 is 11.8 Å². The Kier molecular flexibility index (Phi) is 10.3. The first kappa shape index (κ1) is 32.6. The summed E-state index contributed by atoms with van der Waals surface area (Å²) < 4.78 is 67.9. The largest absolute Gasteiger partial charge is 0.497 e. The summed E-state index contributed by atoms with van der Waals surface area (Å²) in [4.78, 5) is 0.367. The zero-order valence-corrected chi connectivity index (χ0v) is 27.1. The summed E-state index contributed by atoms with van der Waals surface area (Å²) in [6.45, 7) is 6.40. The van der Waals surface area contributed by atoms with Gasteiger partial charge in [-0.2, -0.15) is 20.2 Å². The summed E-state index contributed by atoms with van der Waals surface area (Å²) >= 11 is 1.65. The maximum absolute atomic E-state index is 13.0. The first-order chi connectivity index (χ1) is 20.3. The average molecular weight is 641 g/mol. The molecule has 43 heavy (non-hydrogen) atoms. The number of thioether (sulfide) groups is 1. The second kappa shape index (κ2) is 13.5. The van der Waals surface area contributed by atoms with Gasteiger partial charge >= 0.3 is 0 Å². The molecule has 0 saturated carbocycles. The van der Waals surface area contributed by atoms with Crippen LogP contribution in [-0.2, 0) is 31.1 Å². The normalized spacial score (nSPS) is 12.2. The van der Waals surface area contributed by atoms with Crippen molar-refractivity contribution in [2.24, 2.45) is 0 Å². The lowest BCUT2D eigenvalue weighted by atomic mass is 9.77. The lowest BCUT2D eigenvalue weighted by Gasteiger charge is -2.27. The average Bonchev–Trinajstić information content (AvgIpc) is 2.98. The van der Waals surface area contributed by atoms with Gasteiger partial charge in [-0.1, -0.05) is 44.2 Å². The minimum Gasteiger partial charge on any atom is -0.497 e. The molecule has 0 aliphatic rings. The molecule has 0 spiro atoms. The van der Waals surface area contributed by atoms with Gasteiger partial charge in [0.25, 0.3) is 10.1 Å². The predicted octanol–water partition coefficient (Wildman–Crippen LogP) is 7.47. The lowest BCUT2D eigenvalue weighted by Crippen LogP contribution is -2.19. The third kappa shape index (κ3) is 8.41. The Morgan fingerprint density at radius 1 is 0.744 bits per heavy atom. The zero-order valence-electron chi connectivity index (χ0n) is 24.6. The number of hydrogen-bond acceptors (Lipinski definition) is 7. The van der Waals surface area contributed by atoms with Gasteiger partial charge in [-0.25, -0.2) is 8.42 Å². The molecule has 0 fully saturated rings. The third-order valence-electron chi connectivity index (χ3n) is 7.33. The van der Waals surface area contributed by atoms with E-state index in [1.807, 2.05) is 24.3 Å². The van der Waals surface area contributed by atoms with Crippen molar-refractivity contribution >= 4 is 31.7 Å². The number of methoxy groups -OCH3 is 1. The van der Waals surface area contributed by atoms with Gasteiger partial charge in [-0.05, 0) is 102 Å². The predicted molar refractivity (Wildman–Crippen MR) is 172 cm³/mol. The van der Waals surface area contributed by atoms with Crippen LogP contribution in [0.4, 0.5) is 0 Å². The van der Waals surface area contributed by atoms with E-state index in [9.17, 15) is 16.8 Å². The van der Waals surface area contributed by atoms with E-state index in [1.165, 1.54) is 42.5 Å². The van der Waals surface area contributed by atoms with Crippen LogP contribution < -0.4 is 9.47 Å². The van der Waals surface area contributed by atoms with Crippen molar-refractivity contribution in [2.75, 3.05) is 18.6 Å². The Morgan fingerprint density at radius 2 is 1.26 bits per heavy atom. The maximum atomic E-state index is 13.0. The van der Waals surface area contributed by atoms with Gasteiger partial charge in [0.15, 0.2) is 0 Å². The molecule has 4 aromatic rings. The Morgan fingerprint density at radius 3 is 1.79 bits per heavy atom. The van der Waals surface area contributed by atoms with Gasteiger partial charge in [0.2, 0.25) is 9.84 Å². The van der Waals surface area contributed by atoms with Crippen LogP contribution in [0.25, 0.3) is 0 Å². The monoisotopic (exact) mass is 640 g/mol. The van der Waals surface area contributed by atoms with Crippen LogP contribution in [0.1, 0.15) is 42.5 Å². The second-order valence-electron chi connectivity index (χ2n) is 10.7. The molecule has 7 nitrogen and oxygen atoms in total. The third-order valence-corrected chi connectivity index (χ3v) is 11.0. The van der Waals surface area contributed by atoms with E-state index in [2.05, 4.69) is 39.0 Å². The van der Waals surface area contributed by atoms with Gasteiger partial charge in [-0.3, -0.25) is 4.55 Å². The maximum Gasteiger partial charge on any atom is 0.264 e. The number of sulfone groups is 1. The molecule has 1 N–H and O–H groups in total. The zero-order chi connectivity index (χ0) is 31.3. The number of rotatable bonds is 13. The fraction of sp³-hybridized carbons (Fsp3) is 0.273. The van der Waals surface area contributed by atoms with E-state index in [1.54, 1.807) is 36.0 Å². The van der Waals surface area contributed by atoms with Crippen molar-refractivity contribution in [1.82, 2.24) is 0 Å². The molecule has 0 radical (unpaired) electrons.